The fourth-order valence-corrected chi connectivity index (χ4v) is 4.11. The summed E-state index contributed by atoms with van der Waals surface area (Å²) in [4.78, 5) is 15.4. The molecule has 158 valence electrons. The highest BCUT2D eigenvalue weighted by atomic mass is 32.2. The highest BCUT2D eigenvalue weighted by Crippen LogP contribution is 2.30. The van der Waals surface area contributed by atoms with E-state index in [1.54, 1.807) is 11.8 Å². The van der Waals surface area contributed by atoms with Crippen molar-refractivity contribution in [1.29, 1.82) is 0 Å². The van der Waals surface area contributed by atoms with E-state index >= 15 is 0 Å². The second-order valence-electron chi connectivity index (χ2n) is 7.26. The first-order valence-electron chi connectivity index (χ1n) is 10.2. The van der Waals surface area contributed by atoms with Gasteiger partial charge >= 0.3 is 5.97 Å². The summed E-state index contributed by atoms with van der Waals surface area (Å²) in [6.45, 7) is 6.60. The molecule has 0 radical (unpaired) electrons. The Labute approximate surface area is 186 Å². The Balaban J connectivity index is 1.62. The SMILES string of the molecule is C=C(Cc1ccc2oc3ccccc3c2c1)N(CC(=O)OCC)c1ccc(SC)cc1. The fourth-order valence-electron chi connectivity index (χ4n) is 3.70. The van der Waals surface area contributed by atoms with E-state index in [0.29, 0.717) is 13.0 Å². The molecule has 0 fully saturated rings. The van der Waals surface area contributed by atoms with Crippen LogP contribution in [0.4, 0.5) is 5.69 Å². The summed E-state index contributed by atoms with van der Waals surface area (Å²) in [5, 5.41) is 2.18. The molecule has 31 heavy (non-hydrogen) atoms. The molecule has 0 amide bonds. The zero-order valence-electron chi connectivity index (χ0n) is 17.8. The second kappa shape index (κ2) is 9.31. The van der Waals surface area contributed by atoms with Gasteiger partial charge in [-0.2, -0.15) is 0 Å². The number of ether oxygens (including phenoxy) is 1. The van der Waals surface area contributed by atoms with Crippen LogP contribution in [0.15, 0.2) is 88.3 Å². The van der Waals surface area contributed by atoms with E-state index in [4.69, 9.17) is 9.15 Å². The van der Waals surface area contributed by atoms with Crippen molar-refractivity contribution >= 4 is 45.4 Å². The molecule has 1 aromatic heterocycles. The van der Waals surface area contributed by atoms with Gasteiger partial charge in [0, 0.05) is 33.5 Å². The summed E-state index contributed by atoms with van der Waals surface area (Å²) in [6, 6.07) is 22.4. The van der Waals surface area contributed by atoms with E-state index in [1.807, 2.05) is 54.5 Å². The second-order valence-corrected chi connectivity index (χ2v) is 8.14. The zero-order valence-corrected chi connectivity index (χ0v) is 18.6. The number of allylic oxidation sites excluding steroid dienone is 1. The van der Waals surface area contributed by atoms with Crippen LogP contribution < -0.4 is 4.90 Å². The molecule has 3 aromatic carbocycles. The molecule has 0 saturated carbocycles. The highest BCUT2D eigenvalue weighted by molar-refractivity contribution is 7.98. The molecule has 0 aliphatic heterocycles. The van der Waals surface area contributed by atoms with Crippen LogP contribution in [0.1, 0.15) is 12.5 Å². The van der Waals surface area contributed by atoms with Gasteiger partial charge < -0.3 is 14.1 Å². The van der Waals surface area contributed by atoms with Gasteiger partial charge in [-0.15, -0.1) is 11.8 Å². The quantitative estimate of drug-likeness (QED) is 0.237. The number of thioether (sulfide) groups is 1. The molecule has 1 heterocycles. The predicted molar refractivity (Wildman–Crippen MR) is 129 cm³/mol. The minimum absolute atomic E-state index is 0.127. The van der Waals surface area contributed by atoms with Crippen molar-refractivity contribution in [1.82, 2.24) is 0 Å². The van der Waals surface area contributed by atoms with Crippen molar-refractivity contribution in [3.63, 3.8) is 0 Å². The third-order valence-corrected chi connectivity index (χ3v) is 5.95. The summed E-state index contributed by atoms with van der Waals surface area (Å²) < 4.78 is 11.1. The molecule has 0 unspecified atom stereocenters. The number of hydrogen-bond acceptors (Lipinski definition) is 5. The van der Waals surface area contributed by atoms with Crippen LogP contribution in [0, 0.1) is 0 Å². The number of nitrogens with zero attached hydrogens (tertiary/aromatic N) is 1. The minimum atomic E-state index is -0.270. The molecule has 0 spiro atoms. The molecule has 0 aliphatic carbocycles. The van der Waals surface area contributed by atoms with Crippen LogP contribution in [0.25, 0.3) is 21.9 Å². The van der Waals surface area contributed by atoms with E-state index in [9.17, 15) is 4.79 Å². The summed E-state index contributed by atoms with van der Waals surface area (Å²) in [7, 11) is 0. The highest BCUT2D eigenvalue weighted by Gasteiger charge is 2.17. The van der Waals surface area contributed by atoms with Crippen molar-refractivity contribution in [3.8, 4) is 0 Å². The smallest absolute Gasteiger partial charge is 0.325 e. The van der Waals surface area contributed by atoms with Gasteiger partial charge in [0.15, 0.2) is 0 Å². The number of fused-ring (bicyclic) bond motifs is 3. The molecule has 0 saturated heterocycles. The Bertz CT molecular complexity index is 1230. The standard InChI is InChI=1S/C26H25NO3S/c1-4-29-26(28)17-27(20-10-12-21(31-3)13-11-20)18(2)15-19-9-14-25-23(16-19)22-7-5-6-8-24(22)30-25/h5-14,16H,2,4,15,17H2,1,3H3. The van der Waals surface area contributed by atoms with Crippen LogP contribution in [0.5, 0.6) is 0 Å². The Morgan fingerprint density at radius 1 is 1.03 bits per heavy atom. The molecule has 0 bridgehead atoms. The number of anilines is 1. The first kappa shape index (κ1) is 21.1. The number of furan rings is 1. The van der Waals surface area contributed by atoms with Crippen molar-refractivity contribution in [2.75, 3.05) is 24.3 Å². The summed E-state index contributed by atoms with van der Waals surface area (Å²) in [5.41, 5.74) is 4.61. The first-order valence-corrected chi connectivity index (χ1v) is 11.5. The van der Waals surface area contributed by atoms with Crippen LogP contribution in [0.3, 0.4) is 0 Å². The number of carbonyl (C=O) groups excluding carboxylic acids is 1. The third kappa shape index (κ3) is 4.62. The monoisotopic (exact) mass is 431 g/mol. The van der Waals surface area contributed by atoms with E-state index < -0.39 is 0 Å². The van der Waals surface area contributed by atoms with Crippen molar-refractivity contribution in [3.05, 3.63) is 84.6 Å². The van der Waals surface area contributed by atoms with Gasteiger partial charge in [0.05, 0.1) is 6.61 Å². The molecule has 5 heteroatoms. The van der Waals surface area contributed by atoms with Gasteiger partial charge in [0.25, 0.3) is 0 Å². The Morgan fingerprint density at radius 3 is 2.52 bits per heavy atom. The van der Waals surface area contributed by atoms with Crippen LogP contribution in [-0.4, -0.2) is 25.4 Å². The lowest BCUT2D eigenvalue weighted by Crippen LogP contribution is -2.30. The average Bonchev–Trinajstić information content (AvgIpc) is 3.16. The molecule has 4 nitrogen and oxygen atoms in total. The normalized spacial score (nSPS) is 11.0. The van der Waals surface area contributed by atoms with E-state index in [-0.39, 0.29) is 12.5 Å². The van der Waals surface area contributed by atoms with Crippen molar-refractivity contribution in [2.45, 2.75) is 18.2 Å². The van der Waals surface area contributed by atoms with Gasteiger partial charge in [-0.3, -0.25) is 4.79 Å². The topological polar surface area (TPSA) is 42.7 Å². The molecule has 4 rings (SSSR count). The predicted octanol–water partition coefficient (Wildman–Crippen LogP) is 6.43. The number of para-hydroxylation sites is 1. The lowest BCUT2D eigenvalue weighted by atomic mass is 10.1. The number of benzene rings is 3. The summed E-state index contributed by atoms with van der Waals surface area (Å²) >= 11 is 1.68. The minimum Gasteiger partial charge on any atom is -0.465 e. The van der Waals surface area contributed by atoms with E-state index in [1.165, 1.54) is 4.90 Å². The third-order valence-electron chi connectivity index (χ3n) is 5.21. The number of carbonyl (C=O) groups is 1. The summed E-state index contributed by atoms with van der Waals surface area (Å²) in [5.74, 6) is -0.270. The summed E-state index contributed by atoms with van der Waals surface area (Å²) in [6.07, 6.45) is 2.65. The molecular weight excluding hydrogens is 406 g/mol. The van der Waals surface area contributed by atoms with Gasteiger partial charge in [0.1, 0.15) is 17.7 Å². The zero-order chi connectivity index (χ0) is 21.8. The van der Waals surface area contributed by atoms with Crippen LogP contribution in [0.2, 0.25) is 0 Å². The molecule has 0 aliphatic rings. The lowest BCUT2D eigenvalue weighted by Gasteiger charge is -2.26. The maximum absolute atomic E-state index is 12.3. The Hall–Kier alpha value is -3.18. The van der Waals surface area contributed by atoms with Gasteiger partial charge in [0.2, 0.25) is 0 Å². The average molecular weight is 432 g/mol. The van der Waals surface area contributed by atoms with E-state index in [0.717, 1.165) is 38.9 Å². The number of rotatable bonds is 8. The Morgan fingerprint density at radius 2 is 1.77 bits per heavy atom. The number of hydrogen-bond donors (Lipinski definition) is 0. The Kier molecular flexibility index (Phi) is 6.33. The maximum atomic E-state index is 12.3. The first-order chi connectivity index (χ1) is 15.1. The fraction of sp³-hybridized carbons (Fsp3) is 0.192. The van der Waals surface area contributed by atoms with Crippen LogP contribution in [-0.2, 0) is 16.0 Å². The van der Waals surface area contributed by atoms with Crippen LogP contribution >= 0.6 is 11.8 Å². The van der Waals surface area contributed by atoms with Gasteiger partial charge in [-0.05, 0) is 61.2 Å². The molecule has 0 N–H and O–H groups in total. The molecule has 4 aromatic rings. The van der Waals surface area contributed by atoms with Gasteiger partial charge in [-0.25, -0.2) is 0 Å². The van der Waals surface area contributed by atoms with Crippen molar-refractivity contribution < 1.29 is 13.9 Å². The molecule has 0 atom stereocenters. The van der Waals surface area contributed by atoms with Crippen molar-refractivity contribution in [2.24, 2.45) is 0 Å². The molecular formula is C26H25NO3S. The van der Waals surface area contributed by atoms with Gasteiger partial charge in [-0.1, -0.05) is 30.8 Å². The lowest BCUT2D eigenvalue weighted by molar-refractivity contribution is -0.141. The van der Waals surface area contributed by atoms with E-state index in [2.05, 4.69) is 36.9 Å². The maximum Gasteiger partial charge on any atom is 0.325 e. The number of esters is 1. The largest absolute Gasteiger partial charge is 0.465 e.